The van der Waals surface area contributed by atoms with E-state index in [2.05, 4.69) is 25.3 Å². The number of nitrogens with zero attached hydrogens (tertiary/aromatic N) is 5. The third-order valence-electron chi connectivity index (χ3n) is 5.85. The molecular formula is C24H30N6O2. The summed E-state index contributed by atoms with van der Waals surface area (Å²) < 4.78 is 7.02. The monoisotopic (exact) mass is 434 g/mol. The Bertz CT molecular complexity index is 1060. The SMILES string of the molecule is COc1ccc(CCNC(=O)C2CCCN(c3cc(-n4nc(C)cc4C)ncn3)C2)cc1. The Labute approximate surface area is 188 Å². The van der Waals surface area contributed by atoms with Gasteiger partial charge in [0.05, 0.1) is 18.7 Å². The van der Waals surface area contributed by atoms with Crippen LogP contribution in [0.2, 0.25) is 0 Å². The molecule has 1 N–H and O–H groups in total. The van der Waals surface area contributed by atoms with Crippen LogP contribution in [0.1, 0.15) is 29.8 Å². The van der Waals surface area contributed by atoms with Crippen LogP contribution in [-0.4, -0.2) is 52.4 Å². The topological polar surface area (TPSA) is 85.2 Å². The van der Waals surface area contributed by atoms with Gasteiger partial charge in [-0.15, -0.1) is 0 Å². The highest BCUT2D eigenvalue weighted by atomic mass is 16.5. The van der Waals surface area contributed by atoms with Crippen molar-refractivity contribution in [1.29, 1.82) is 0 Å². The fraction of sp³-hybridized carbons (Fsp3) is 0.417. The van der Waals surface area contributed by atoms with Crippen molar-refractivity contribution in [2.45, 2.75) is 33.1 Å². The number of amides is 1. The van der Waals surface area contributed by atoms with Crippen LogP contribution in [-0.2, 0) is 11.2 Å². The van der Waals surface area contributed by atoms with Crippen molar-refractivity contribution in [2.75, 3.05) is 31.6 Å². The van der Waals surface area contributed by atoms with E-state index >= 15 is 0 Å². The zero-order chi connectivity index (χ0) is 22.5. The summed E-state index contributed by atoms with van der Waals surface area (Å²) in [6.45, 7) is 6.13. The molecule has 168 valence electrons. The first kappa shape index (κ1) is 21.8. The van der Waals surface area contributed by atoms with E-state index in [4.69, 9.17) is 4.74 Å². The van der Waals surface area contributed by atoms with Gasteiger partial charge in [0.15, 0.2) is 5.82 Å². The third-order valence-corrected chi connectivity index (χ3v) is 5.85. The number of nitrogens with one attached hydrogen (secondary N) is 1. The quantitative estimate of drug-likeness (QED) is 0.616. The van der Waals surface area contributed by atoms with Gasteiger partial charge in [-0.3, -0.25) is 4.79 Å². The molecule has 0 bridgehead atoms. The highest BCUT2D eigenvalue weighted by Crippen LogP contribution is 2.23. The van der Waals surface area contributed by atoms with Gasteiger partial charge in [0, 0.05) is 31.4 Å². The fourth-order valence-electron chi connectivity index (χ4n) is 4.15. The molecule has 4 rings (SSSR count). The van der Waals surface area contributed by atoms with E-state index in [1.807, 2.05) is 54.9 Å². The first-order valence-electron chi connectivity index (χ1n) is 11.0. The van der Waals surface area contributed by atoms with Crippen molar-refractivity contribution in [3.8, 4) is 11.6 Å². The summed E-state index contributed by atoms with van der Waals surface area (Å²) in [4.78, 5) is 23.8. The average molecular weight is 435 g/mol. The predicted octanol–water partition coefficient (Wildman–Crippen LogP) is 2.86. The van der Waals surface area contributed by atoms with Gasteiger partial charge in [0.2, 0.25) is 5.91 Å². The Kier molecular flexibility index (Phi) is 6.68. The zero-order valence-electron chi connectivity index (χ0n) is 18.9. The number of carbonyl (C=O) groups excluding carboxylic acids is 1. The molecule has 3 aromatic rings. The largest absolute Gasteiger partial charge is 0.497 e. The Balaban J connectivity index is 1.35. The minimum absolute atomic E-state index is 0.0493. The molecular weight excluding hydrogens is 404 g/mol. The van der Waals surface area contributed by atoms with Gasteiger partial charge in [-0.2, -0.15) is 5.10 Å². The predicted molar refractivity (Wildman–Crippen MR) is 123 cm³/mol. The maximum Gasteiger partial charge on any atom is 0.224 e. The summed E-state index contributed by atoms with van der Waals surface area (Å²) >= 11 is 0. The molecule has 2 aromatic heterocycles. The lowest BCUT2D eigenvalue weighted by molar-refractivity contribution is -0.125. The van der Waals surface area contributed by atoms with Crippen LogP contribution in [0.5, 0.6) is 5.75 Å². The number of benzene rings is 1. The first-order chi connectivity index (χ1) is 15.5. The molecule has 1 atom stereocenters. The van der Waals surface area contributed by atoms with Crippen molar-refractivity contribution in [3.63, 3.8) is 0 Å². The maximum absolute atomic E-state index is 12.8. The van der Waals surface area contributed by atoms with Crippen molar-refractivity contribution in [3.05, 3.63) is 59.7 Å². The van der Waals surface area contributed by atoms with E-state index in [9.17, 15) is 4.79 Å². The number of methoxy groups -OCH3 is 1. The van der Waals surface area contributed by atoms with Gasteiger partial charge in [-0.25, -0.2) is 14.6 Å². The van der Waals surface area contributed by atoms with E-state index in [0.29, 0.717) is 13.1 Å². The minimum atomic E-state index is -0.0493. The summed E-state index contributed by atoms with van der Waals surface area (Å²) in [6.07, 6.45) is 4.21. The van der Waals surface area contributed by atoms with Crippen LogP contribution in [0, 0.1) is 19.8 Å². The van der Waals surface area contributed by atoms with Crippen LogP contribution in [0.15, 0.2) is 42.7 Å². The molecule has 0 spiro atoms. The number of anilines is 1. The molecule has 0 radical (unpaired) electrons. The zero-order valence-corrected chi connectivity index (χ0v) is 18.9. The molecule has 1 fully saturated rings. The second kappa shape index (κ2) is 9.80. The number of ether oxygens (including phenoxy) is 1. The van der Waals surface area contributed by atoms with Crippen LogP contribution in [0.3, 0.4) is 0 Å². The van der Waals surface area contributed by atoms with Gasteiger partial charge in [0.1, 0.15) is 17.9 Å². The summed E-state index contributed by atoms with van der Waals surface area (Å²) in [7, 11) is 1.66. The van der Waals surface area contributed by atoms with Crippen LogP contribution in [0.4, 0.5) is 5.82 Å². The normalized spacial score (nSPS) is 16.1. The first-order valence-corrected chi connectivity index (χ1v) is 11.0. The summed E-state index contributed by atoms with van der Waals surface area (Å²) in [5, 5.41) is 7.62. The fourth-order valence-corrected chi connectivity index (χ4v) is 4.15. The minimum Gasteiger partial charge on any atom is -0.497 e. The Morgan fingerprint density at radius 2 is 1.94 bits per heavy atom. The molecule has 0 aliphatic carbocycles. The molecule has 8 nitrogen and oxygen atoms in total. The lowest BCUT2D eigenvalue weighted by Gasteiger charge is -2.33. The second-order valence-corrected chi connectivity index (χ2v) is 8.25. The summed E-state index contributed by atoms with van der Waals surface area (Å²) in [6, 6.07) is 11.9. The molecule has 32 heavy (non-hydrogen) atoms. The highest BCUT2D eigenvalue weighted by molar-refractivity contribution is 5.79. The Morgan fingerprint density at radius 3 is 2.66 bits per heavy atom. The van der Waals surface area contributed by atoms with Crippen LogP contribution < -0.4 is 15.0 Å². The molecule has 1 aromatic carbocycles. The van der Waals surface area contributed by atoms with Crippen molar-refractivity contribution < 1.29 is 9.53 Å². The number of hydrogen-bond acceptors (Lipinski definition) is 6. The third kappa shape index (κ3) is 5.07. The molecule has 1 amide bonds. The van der Waals surface area contributed by atoms with Gasteiger partial charge >= 0.3 is 0 Å². The van der Waals surface area contributed by atoms with Gasteiger partial charge < -0.3 is 15.0 Å². The van der Waals surface area contributed by atoms with Gasteiger partial charge in [-0.1, -0.05) is 12.1 Å². The number of hydrogen-bond donors (Lipinski definition) is 1. The smallest absolute Gasteiger partial charge is 0.224 e. The number of aryl methyl sites for hydroxylation is 2. The van der Waals surface area contributed by atoms with E-state index in [0.717, 1.165) is 54.6 Å². The second-order valence-electron chi connectivity index (χ2n) is 8.25. The van der Waals surface area contributed by atoms with E-state index in [1.165, 1.54) is 5.56 Å². The van der Waals surface area contributed by atoms with Crippen molar-refractivity contribution >= 4 is 11.7 Å². The molecule has 1 unspecified atom stereocenters. The van der Waals surface area contributed by atoms with Gasteiger partial charge in [0.25, 0.3) is 0 Å². The molecule has 1 saturated heterocycles. The Hall–Kier alpha value is -3.42. The lowest BCUT2D eigenvalue weighted by Crippen LogP contribution is -2.43. The van der Waals surface area contributed by atoms with Crippen LogP contribution >= 0.6 is 0 Å². The average Bonchev–Trinajstić information content (AvgIpc) is 3.17. The van der Waals surface area contributed by atoms with E-state index in [-0.39, 0.29) is 11.8 Å². The molecule has 8 heteroatoms. The van der Waals surface area contributed by atoms with Crippen molar-refractivity contribution in [1.82, 2.24) is 25.1 Å². The molecule has 0 saturated carbocycles. The lowest BCUT2D eigenvalue weighted by atomic mass is 9.97. The maximum atomic E-state index is 12.8. The van der Waals surface area contributed by atoms with E-state index < -0.39 is 0 Å². The van der Waals surface area contributed by atoms with Gasteiger partial charge in [-0.05, 0) is 56.9 Å². The molecule has 1 aliphatic rings. The van der Waals surface area contributed by atoms with E-state index in [1.54, 1.807) is 13.4 Å². The number of carbonyl (C=O) groups is 1. The van der Waals surface area contributed by atoms with Crippen LogP contribution in [0.25, 0.3) is 5.82 Å². The molecule has 1 aliphatic heterocycles. The summed E-state index contributed by atoms with van der Waals surface area (Å²) in [5.41, 5.74) is 3.15. The van der Waals surface area contributed by atoms with Crippen molar-refractivity contribution in [2.24, 2.45) is 5.92 Å². The summed E-state index contributed by atoms with van der Waals surface area (Å²) in [5.74, 6) is 2.47. The Morgan fingerprint density at radius 1 is 1.16 bits per heavy atom. The number of rotatable bonds is 7. The number of aromatic nitrogens is 4. The molecule has 3 heterocycles. The highest BCUT2D eigenvalue weighted by Gasteiger charge is 2.26. The standard InChI is InChI=1S/C24H30N6O2/c1-17-13-18(2)30(28-17)23-14-22(26-16-27-23)29-12-4-5-20(15-29)24(31)25-11-10-19-6-8-21(32-3)9-7-19/h6-9,13-14,16,20H,4-5,10-12,15H2,1-3H3,(H,25,31). The number of piperidine rings is 1.